The number of nitrogens with one attached hydrogen (secondary N) is 2. The molecule has 5 nitrogen and oxygen atoms in total. The lowest BCUT2D eigenvalue weighted by molar-refractivity contribution is -0.692. The fraction of sp³-hybridized carbons (Fsp3) is 0.556. The number of benzene rings is 1. The van der Waals surface area contributed by atoms with Gasteiger partial charge in [-0.2, -0.15) is 0 Å². The van der Waals surface area contributed by atoms with Crippen LogP contribution in [0.2, 0.25) is 0 Å². The third kappa shape index (κ3) is 6.82. The van der Waals surface area contributed by atoms with Crippen molar-refractivity contribution in [3.63, 3.8) is 0 Å². The second kappa shape index (κ2) is 10.0. The van der Waals surface area contributed by atoms with E-state index in [1.54, 1.807) is 0 Å². The Hall–Kier alpha value is -1.88. The highest BCUT2D eigenvalue weighted by Crippen LogP contribution is 2.18. The number of hydrogen-bond acceptors (Lipinski definition) is 2. The summed E-state index contributed by atoms with van der Waals surface area (Å²) < 4.78 is 0. The van der Waals surface area contributed by atoms with E-state index in [4.69, 9.17) is 0 Å². The lowest BCUT2D eigenvalue weighted by atomic mass is 9.95. The van der Waals surface area contributed by atoms with Crippen LogP contribution >= 0.6 is 0 Å². The molecule has 0 saturated carbocycles. The molecule has 1 rings (SSSR count). The first-order valence-corrected chi connectivity index (χ1v) is 8.43. The first kappa shape index (κ1) is 19.2. The van der Waals surface area contributed by atoms with Gasteiger partial charge in [-0.25, -0.2) is 0 Å². The van der Waals surface area contributed by atoms with E-state index < -0.39 is 0 Å². The second-order valence-electron chi connectivity index (χ2n) is 6.03. The highest BCUT2D eigenvalue weighted by atomic mass is 16.2. The summed E-state index contributed by atoms with van der Waals surface area (Å²) in [6.45, 7) is 9.23. The average Bonchev–Trinajstić information content (AvgIpc) is 2.53. The molecule has 0 saturated heterocycles. The van der Waals surface area contributed by atoms with Gasteiger partial charge in [0.15, 0.2) is 6.54 Å². The van der Waals surface area contributed by atoms with Gasteiger partial charge in [0.1, 0.15) is 6.04 Å². The number of quaternary nitrogens is 1. The number of amides is 2. The van der Waals surface area contributed by atoms with Gasteiger partial charge in [0.05, 0.1) is 6.54 Å². The van der Waals surface area contributed by atoms with Crippen molar-refractivity contribution in [1.29, 1.82) is 0 Å². The van der Waals surface area contributed by atoms with E-state index in [0.29, 0.717) is 19.0 Å². The van der Waals surface area contributed by atoms with Gasteiger partial charge in [0, 0.05) is 18.0 Å². The summed E-state index contributed by atoms with van der Waals surface area (Å²) >= 11 is 0. The molecule has 4 N–H and O–H groups in total. The largest absolute Gasteiger partial charge is 0.355 e. The summed E-state index contributed by atoms with van der Waals surface area (Å²) in [4.78, 5) is 23.2. The normalized spacial score (nSPS) is 12.0. The van der Waals surface area contributed by atoms with Crippen molar-refractivity contribution in [2.75, 3.05) is 19.6 Å². The maximum Gasteiger partial charge on any atom is 0.275 e. The summed E-state index contributed by atoms with van der Waals surface area (Å²) in [5.74, 6) is 0.141. The number of carbonyl (C=O) groups excluding carboxylic acids is 2. The topological polar surface area (TPSA) is 74.8 Å². The van der Waals surface area contributed by atoms with Crippen LogP contribution < -0.4 is 16.0 Å². The molecule has 1 aromatic rings. The maximum absolute atomic E-state index is 11.9. The molecule has 1 atom stereocenters. The number of rotatable bonds is 9. The molecule has 2 amide bonds. The van der Waals surface area contributed by atoms with E-state index in [-0.39, 0.29) is 24.4 Å². The summed E-state index contributed by atoms with van der Waals surface area (Å²) in [6.07, 6.45) is 1.03. The minimum atomic E-state index is -0.156. The molecular weight excluding hydrogens is 290 g/mol. The molecule has 0 aliphatic rings. The Morgan fingerprint density at radius 3 is 2.22 bits per heavy atom. The number of likely N-dealkylation sites (N-methyl/N-ethyl adjacent to an activating group) is 1. The standard InChI is InChI=1S/C18H29N3O2/c1-5-14-7-9-15(10-8-14)18(13(3)4)21-12-17(23)20-11-16(22)19-6-2/h7-10,13,18,21H,5-6,11-12H2,1-4H3,(H,19,22)(H,20,23)/p+1/t18-/m0/s1. The zero-order chi connectivity index (χ0) is 17.2. The van der Waals surface area contributed by atoms with Crippen molar-refractivity contribution in [3.05, 3.63) is 35.4 Å². The third-order valence-electron chi connectivity index (χ3n) is 3.87. The fourth-order valence-corrected chi connectivity index (χ4v) is 2.51. The highest BCUT2D eigenvalue weighted by Gasteiger charge is 2.20. The van der Waals surface area contributed by atoms with Crippen LogP contribution in [0.4, 0.5) is 0 Å². The van der Waals surface area contributed by atoms with Crippen molar-refractivity contribution in [1.82, 2.24) is 10.6 Å². The summed E-state index contributed by atoms with van der Waals surface area (Å²) in [7, 11) is 0. The number of nitrogens with two attached hydrogens (primary N) is 1. The Bertz CT molecular complexity index is 497. The Balaban J connectivity index is 2.52. The van der Waals surface area contributed by atoms with Gasteiger partial charge >= 0.3 is 0 Å². The Morgan fingerprint density at radius 1 is 1.04 bits per heavy atom. The molecule has 0 unspecified atom stereocenters. The summed E-state index contributed by atoms with van der Waals surface area (Å²) in [6, 6.07) is 8.82. The molecular formula is C18H30N3O2+. The van der Waals surface area contributed by atoms with E-state index in [0.717, 1.165) is 6.42 Å². The zero-order valence-electron chi connectivity index (χ0n) is 14.7. The van der Waals surface area contributed by atoms with Crippen LogP contribution in [-0.2, 0) is 16.0 Å². The predicted molar refractivity (Wildman–Crippen MR) is 91.9 cm³/mol. The molecule has 1 aromatic carbocycles. The Kier molecular flexibility index (Phi) is 8.33. The SMILES string of the molecule is CCNC(=O)CNC(=O)C[NH2+][C@H](c1ccc(CC)cc1)C(C)C. The molecule has 5 heteroatoms. The Morgan fingerprint density at radius 2 is 1.70 bits per heavy atom. The minimum Gasteiger partial charge on any atom is -0.355 e. The highest BCUT2D eigenvalue weighted by molar-refractivity contribution is 5.84. The van der Waals surface area contributed by atoms with Crippen molar-refractivity contribution in [2.45, 2.75) is 40.2 Å². The molecule has 0 fully saturated rings. The van der Waals surface area contributed by atoms with E-state index >= 15 is 0 Å². The van der Waals surface area contributed by atoms with Crippen LogP contribution in [-0.4, -0.2) is 31.4 Å². The van der Waals surface area contributed by atoms with E-state index in [1.165, 1.54) is 11.1 Å². The molecule has 23 heavy (non-hydrogen) atoms. The Labute approximate surface area is 139 Å². The van der Waals surface area contributed by atoms with Crippen LogP contribution in [0.15, 0.2) is 24.3 Å². The van der Waals surface area contributed by atoms with Crippen molar-refractivity contribution >= 4 is 11.8 Å². The number of aryl methyl sites for hydroxylation is 1. The lowest BCUT2D eigenvalue weighted by Crippen LogP contribution is -2.88. The van der Waals surface area contributed by atoms with Crippen LogP contribution in [0.3, 0.4) is 0 Å². The maximum atomic E-state index is 11.9. The van der Waals surface area contributed by atoms with Crippen molar-refractivity contribution in [2.24, 2.45) is 5.92 Å². The quantitative estimate of drug-likeness (QED) is 0.628. The summed E-state index contributed by atoms with van der Waals surface area (Å²) in [5, 5.41) is 7.35. The zero-order valence-corrected chi connectivity index (χ0v) is 14.7. The van der Waals surface area contributed by atoms with Crippen molar-refractivity contribution in [3.8, 4) is 0 Å². The molecule has 0 heterocycles. The first-order valence-electron chi connectivity index (χ1n) is 8.43. The lowest BCUT2D eigenvalue weighted by Gasteiger charge is -2.19. The van der Waals surface area contributed by atoms with Gasteiger partial charge in [0.2, 0.25) is 5.91 Å². The molecule has 0 aliphatic heterocycles. The molecule has 0 radical (unpaired) electrons. The van der Waals surface area contributed by atoms with E-state index in [2.05, 4.69) is 55.7 Å². The van der Waals surface area contributed by atoms with Gasteiger partial charge in [-0.15, -0.1) is 0 Å². The van der Waals surface area contributed by atoms with Gasteiger partial charge in [-0.05, 0) is 18.9 Å². The molecule has 0 aromatic heterocycles. The molecule has 0 bridgehead atoms. The first-order chi connectivity index (χ1) is 11.0. The van der Waals surface area contributed by atoms with E-state index in [9.17, 15) is 9.59 Å². The predicted octanol–water partition coefficient (Wildman–Crippen LogP) is 0.762. The fourth-order valence-electron chi connectivity index (χ4n) is 2.51. The van der Waals surface area contributed by atoms with Gasteiger partial charge in [0.25, 0.3) is 5.91 Å². The average molecular weight is 320 g/mol. The van der Waals surface area contributed by atoms with Crippen LogP contribution in [0.5, 0.6) is 0 Å². The number of carbonyl (C=O) groups is 2. The smallest absolute Gasteiger partial charge is 0.275 e. The van der Waals surface area contributed by atoms with Gasteiger partial charge < -0.3 is 16.0 Å². The van der Waals surface area contributed by atoms with Crippen LogP contribution in [0.25, 0.3) is 0 Å². The van der Waals surface area contributed by atoms with Crippen LogP contribution in [0.1, 0.15) is 44.9 Å². The van der Waals surface area contributed by atoms with Crippen LogP contribution in [0, 0.1) is 5.92 Å². The second-order valence-corrected chi connectivity index (χ2v) is 6.03. The van der Waals surface area contributed by atoms with Crippen molar-refractivity contribution < 1.29 is 14.9 Å². The molecule has 0 aliphatic carbocycles. The summed E-state index contributed by atoms with van der Waals surface area (Å²) in [5.41, 5.74) is 2.55. The van der Waals surface area contributed by atoms with Gasteiger partial charge in [-0.1, -0.05) is 45.0 Å². The molecule has 0 spiro atoms. The third-order valence-corrected chi connectivity index (χ3v) is 3.87. The van der Waals surface area contributed by atoms with E-state index in [1.807, 2.05) is 12.2 Å². The monoisotopic (exact) mass is 320 g/mol. The molecule has 128 valence electrons. The minimum absolute atomic E-state index is 0.0397. The number of hydrogen-bond donors (Lipinski definition) is 3. The van der Waals surface area contributed by atoms with Gasteiger partial charge in [-0.3, -0.25) is 9.59 Å².